The molecule has 0 aliphatic heterocycles. The molecule has 1 aliphatic carbocycles. The van der Waals surface area contributed by atoms with Gasteiger partial charge in [-0.15, -0.1) is 0 Å². The Kier molecular flexibility index (Phi) is 5.81. The van der Waals surface area contributed by atoms with E-state index in [0.29, 0.717) is 23.9 Å². The van der Waals surface area contributed by atoms with Gasteiger partial charge in [-0.2, -0.15) is 0 Å². The molecule has 6 heteroatoms. The van der Waals surface area contributed by atoms with Gasteiger partial charge in [-0.05, 0) is 46.7 Å². The number of hydrogen-bond donors (Lipinski definition) is 2. The third-order valence-electron chi connectivity index (χ3n) is 3.88. The Morgan fingerprint density at radius 2 is 2.15 bits per heavy atom. The van der Waals surface area contributed by atoms with E-state index in [0.717, 1.165) is 30.2 Å². The summed E-state index contributed by atoms with van der Waals surface area (Å²) in [6, 6.07) is 1.66. The molecule has 2 N–H and O–H groups in total. The lowest BCUT2D eigenvalue weighted by atomic mass is 9.79. The zero-order valence-corrected chi connectivity index (χ0v) is 13.5. The third-order valence-corrected chi connectivity index (χ3v) is 4.61. The van der Waals surface area contributed by atoms with Gasteiger partial charge < -0.3 is 10.4 Å². The molecular formula is C14H18BrClN2O2. The largest absolute Gasteiger partial charge is 0.396 e. The normalized spacial score (nSPS) is 22.6. The second-order valence-electron chi connectivity index (χ2n) is 5.19. The number of carbonyl (C=O) groups is 1. The highest BCUT2D eigenvalue weighted by Gasteiger charge is 2.25. The molecule has 1 aliphatic rings. The molecule has 0 bridgehead atoms. The number of amides is 1. The van der Waals surface area contributed by atoms with Crippen molar-refractivity contribution >= 4 is 33.4 Å². The Labute approximate surface area is 132 Å². The highest BCUT2D eigenvalue weighted by molar-refractivity contribution is 9.10. The molecule has 1 aromatic heterocycles. The third kappa shape index (κ3) is 3.93. The molecule has 1 aromatic rings. The summed E-state index contributed by atoms with van der Waals surface area (Å²) in [6.45, 7) is 0.770. The molecule has 0 radical (unpaired) electrons. The molecule has 0 saturated heterocycles. The lowest BCUT2D eigenvalue weighted by molar-refractivity contribution is 0.0909. The standard InChI is InChI=1S/C14H18BrClN2O2/c15-11-5-12(13(16)17-7-11)14(20)18-6-9-3-1-2-4-10(9)8-19/h5,7,9-10,19H,1-4,6,8H2,(H,18,20). The van der Waals surface area contributed by atoms with Gasteiger partial charge in [0.05, 0.1) is 5.56 Å². The zero-order valence-electron chi connectivity index (χ0n) is 11.1. The molecular weight excluding hydrogens is 344 g/mol. The predicted molar refractivity (Wildman–Crippen MR) is 81.8 cm³/mol. The van der Waals surface area contributed by atoms with Gasteiger partial charge in [0.1, 0.15) is 5.15 Å². The molecule has 1 fully saturated rings. The number of aliphatic hydroxyl groups excluding tert-OH is 1. The average Bonchev–Trinajstić information content (AvgIpc) is 2.47. The topological polar surface area (TPSA) is 62.2 Å². The van der Waals surface area contributed by atoms with E-state index in [2.05, 4.69) is 26.2 Å². The summed E-state index contributed by atoms with van der Waals surface area (Å²) in [4.78, 5) is 16.1. The van der Waals surface area contributed by atoms with Crippen LogP contribution in [0.5, 0.6) is 0 Å². The van der Waals surface area contributed by atoms with Crippen LogP contribution in [0.25, 0.3) is 0 Å². The van der Waals surface area contributed by atoms with E-state index >= 15 is 0 Å². The summed E-state index contributed by atoms with van der Waals surface area (Å²) < 4.78 is 0.720. The highest BCUT2D eigenvalue weighted by Crippen LogP contribution is 2.29. The van der Waals surface area contributed by atoms with E-state index in [1.54, 1.807) is 12.3 Å². The molecule has 2 atom stereocenters. The van der Waals surface area contributed by atoms with Crippen LogP contribution in [0.15, 0.2) is 16.7 Å². The van der Waals surface area contributed by atoms with Crippen LogP contribution in [-0.4, -0.2) is 29.1 Å². The van der Waals surface area contributed by atoms with Crippen LogP contribution >= 0.6 is 27.5 Å². The fourth-order valence-corrected chi connectivity index (χ4v) is 3.21. The first-order chi connectivity index (χ1) is 9.61. The lowest BCUT2D eigenvalue weighted by Crippen LogP contribution is -2.35. The van der Waals surface area contributed by atoms with Crippen LogP contribution < -0.4 is 5.32 Å². The number of nitrogens with one attached hydrogen (secondary N) is 1. The molecule has 1 amide bonds. The van der Waals surface area contributed by atoms with Crippen LogP contribution in [0.4, 0.5) is 0 Å². The minimum Gasteiger partial charge on any atom is -0.396 e. The Bertz CT molecular complexity index is 484. The van der Waals surface area contributed by atoms with Gasteiger partial charge >= 0.3 is 0 Å². The first kappa shape index (κ1) is 15.7. The van der Waals surface area contributed by atoms with Crippen molar-refractivity contribution in [2.24, 2.45) is 11.8 Å². The van der Waals surface area contributed by atoms with Crippen molar-refractivity contribution in [1.82, 2.24) is 10.3 Å². The summed E-state index contributed by atoms with van der Waals surface area (Å²) in [6.07, 6.45) is 5.97. The zero-order chi connectivity index (χ0) is 14.5. The summed E-state index contributed by atoms with van der Waals surface area (Å²) in [5.74, 6) is 0.419. The number of carbonyl (C=O) groups excluding carboxylic acids is 1. The Hall–Kier alpha value is -0.650. The van der Waals surface area contributed by atoms with E-state index in [1.165, 1.54) is 0 Å². The molecule has 0 aromatic carbocycles. The summed E-state index contributed by atoms with van der Waals surface area (Å²) >= 11 is 9.21. The number of hydrogen-bond acceptors (Lipinski definition) is 3. The number of pyridine rings is 1. The highest BCUT2D eigenvalue weighted by atomic mass is 79.9. The van der Waals surface area contributed by atoms with Crippen molar-refractivity contribution in [3.05, 3.63) is 27.5 Å². The number of halogens is 2. The minimum atomic E-state index is -0.217. The van der Waals surface area contributed by atoms with Crippen LogP contribution in [0.1, 0.15) is 36.0 Å². The number of rotatable bonds is 4. The smallest absolute Gasteiger partial charge is 0.254 e. The van der Waals surface area contributed by atoms with Gasteiger partial charge in [0.2, 0.25) is 0 Å². The second-order valence-corrected chi connectivity index (χ2v) is 6.46. The van der Waals surface area contributed by atoms with E-state index < -0.39 is 0 Å². The van der Waals surface area contributed by atoms with Crippen molar-refractivity contribution in [3.63, 3.8) is 0 Å². The second kappa shape index (κ2) is 7.38. The van der Waals surface area contributed by atoms with Gasteiger partial charge in [-0.1, -0.05) is 24.4 Å². The maximum atomic E-state index is 12.1. The molecule has 2 rings (SSSR count). The first-order valence-electron chi connectivity index (χ1n) is 6.82. The molecule has 4 nitrogen and oxygen atoms in total. The van der Waals surface area contributed by atoms with E-state index in [9.17, 15) is 9.90 Å². The van der Waals surface area contributed by atoms with Crippen molar-refractivity contribution < 1.29 is 9.90 Å². The molecule has 0 spiro atoms. The SMILES string of the molecule is O=C(NCC1CCCCC1CO)c1cc(Br)cnc1Cl. The number of aliphatic hydroxyl groups is 1. The van der Waals surface area contributed by atoms with Gasteiger partial charge in [-0.25, -0.2) is 4.98 Å². The average molecular weight is 362 g/mol. The molecule has 1 heterocycles. The van der Waals surface area contributed by atoms with E-state index in [4.69, 9.17) is 11.6 Å². The van der Waals surface area contributed by atoms with Gasteiger partial charge in [0.25, 0.3) is 5.91 Å². The van der Waals surface area contributed by atoms with Crippen molar-refractivity contribution in [1.29, 1.82) is 0 Å². The minimum absolute atomic E-state index is 0.194. The Morgan fingerprint density at radius 3 is 2.85 bits per heavy atom. The number of aromatic nitrogens is 1. The summed E-state index contributed by atoms with van der Waals surface area (Å²) in [7, 11) is 0. The summed E-state index contributed by atoms with van der Waals surface area (Å²) in [5.41, 5.74) is 0.373. The fraction of sp³-hybridized carbons (Fsp3) is 0.571. The van der Waals surface area contributed by atoms with Crippen molar-refractivity contribution in [3.8, 4) is 0 Å². The van der Waals surface area contributed by atoms with E-state index in [-0.39, 0.29) is 17.7 Å². The van der Waals surface area contributed by atoms with Crippen LogP contribution in [-0.2, 0) is 0 Å². The molecule has 20 heavy (non-hydrogen) atoms. The maximum Gasteiger partial charge on any atom is 0.254 e. The van der Waals surface area contributed by atoms with Crippen molar-refractivity contribution in [2.75, 3.05) is 13.2 Å². The van der Waals surface area contributed by atoms with Gasteiger partial charge in [0.15, 0.2) is 0 Å². The number of nitrogens with zero attached hydrogens (tertiary/aromatic N) is 1. The van der Waals surface area contributed by atoms with Gasteiger partial charge in [0, 0.05) is 23.8 Å². The predicted octanol–water partition coefficient (Wildman–Crippen LogP) is 3.03. The summed E-state index contributed by atoms with van der Waals surface area (Å²) in [5, 5.41) is 12.5. The molecule has 1 saturated carbocycles. The van der Waals surface area contributed by atoms with Gasteiger partial charge in [-0.3, -0.25) is 4.79 Å². The van der Waals surface area contributed by atoms with Crippen LogP contribution in [0, 0.1) is 11.8 Å². The molecule has 2 unspecified atom stereocenters. The van der Waals surface area contributed by atoms with Crippen molar-refractivity contribution in [2.45, 2.75) is 25.7 Å². The Balaban J connectivity index is 1.96. The quantitative estimate of drug-likeness (QED) is 0.810. The molecule has 110 valence electrons. The van der Waals surface area contributed by atoms with Crippen LogP contribution in [0.3, 0.4) is 0 Å². The lowest BCUT2D eigenvalue weighted by Gasteiger charge is -2.30. The van der Waals surface area contributed by atoms with E-state index in [1.807, 2.05) is 0 Å². The monoisotopic (exact) mass is 360 g/mol. The first-order valence-corrected chi connectivity index (χ1v) is 7.99. The van der Waals surface area contributed by atoms with Crippen LogP contribution in [0.2, 0.25) is 5.15 Å². The fourth-order valence-electron chi connectivity index (χ4n) is 2.69. The maximum absolute atomic E-state index is 12.1. The Morgan fingerprint density at radius 1 is 1.45 bits per heavy atom.